The lowest BCUT2D eigenvalue weighted by Crippen LogP contribution is -2.46. The second-order valence-electron chi connectivity index (χ2n) is 5.89. The van der Waals surface area contributed by atoms with Gasteiger partial charge in [0.15, 0.2) is 0 Å². The summed E-state index contributed by atoms with van der Waals surface area (Å²) in [7, 11) is 0. The SMILES string of the molecule is NNC(C1CCCCC1)C1CCCc2sccc21. The second-order valence-corrected chi connectivity index (χ2v) is 6.89. The average Bonchev–Trinajstić information content (AvgIpc) is 2.90. The minimum atomic E-state index is 0.499. The summed E-state index contributed by atoms with van der Waals surface area (Å²) in [5.41, 5.74) is 4.77. The van der Waals surface area contributed by atoms with Gasteiger partial charge in [-0.3, -0.25) is 11.3 Å². The van der Waals surface area contributed by atoms with E-state index in [1.54, 1.807) is 10.4 Å². The molecule has 0 bridgehead atoms. The number of hydrazine groups is 1. The lowest BCUT2D eigenvalue weighted by Gasteiger charge is -2.37. The highest BCUT2D eigenvalue weighted by Crippen LogP contribution is 2.41. The van der Waals surface area contributed by atoms with E-state index in [1.165, 1.54) is 51.4 Å². The quantitative estimate of drug-likeness (QED) is 0.647. The molecule has 1 saturated carbocycles. The van der Waals surface area contributed by atoms with Crippen molar-refractivity contribution in [3.05, 3.63) is 21.9 Å². The highest BCUT2D eigenvalue weighted by molar-refractivity contribution is 7.10. The molecule has 2 nitrogen and oxygen atoms in total. The van der Waals surface area contributed by atoms with Crippen LogP contribution in [0.2, 0.25) is 0 Å². The van der Waals surface area contributed by atoms with Crippen LogP contribution in [0.3, 0.4) is 0 Å². The van der Waals surface area contributed by atoms with E-state index in [-0.39, 0.29) is 0 Å². The van der Waals surface area contributed by atoms with Crippen LogP contribution < -0.4 is 11.3 Å². The van der Waals surface area contributed by atoms with Gasteiger partial charge in [-0.2, -0.15) is 0 Å². The van der Waals surface area contributed by atoms with E-state index >= 15 is 0 Å². The first-order valence-electron chi connectivity index (χ1n) is 7.42. The zero-order chi connectivity index (χ0) is 12.4. The third-order valence-corrected chi connectivity index (χ3v) is 5.88. The number of nitrogens with two attached hydrogens (primary N) is 1. The number of thiophene rings is 1. The van der Waals surface area contributed by atoms with Crippen molar-refractivity contribution in [3.8, 4) is 0 Å². The molecule has 0 amide bonds. The van der Waals surface area contributed by atoms with Gasteiger partial charge in [-0.25, -0.2) is 0 Å². The van der Waals surface area contributed by atoms with Crippen LogP contribution >= 0.6 is 11.3 Å². The summed E-state index contributed by atoms with van der Waals surface area (Å²) in [6.45, 7) is 0. The molecule has 0 radical (unpaired) electrons. The Bertz CT molecular complexity index is 382. The number of rotatable bonds is 3. The first-order valence-corrected chi connectivity index (χ1v) is 8.30. The Hall–Kier alpha value is -0.380. The van der Waals surface area contributed by atoms with E-state index in [0.29, 0.717) is 12.0 Å². The van der Waals surface area contributed by atoms with Gasteiger partial charge in [0.25, 0.3) is 0 Å². The van der Waals surface area contributed by atoms with E-state index in [2.05, 4.69) is 16.9 Å². The van der Waals surface area contributed by atoms with E-state index in [9.17, 15) is 0 Å². The summed E-state index contributed by atoms with van der Waals surface area (Å²) in [6.07, 6.45) is 10.9. The second kappa shape index (κ2) is 5.72. The number of hydrogen-bond donors (Lipinski definition) is 2. The van der Waals surface area contributed by atoms with Crippen LogP contribution in [0.1, 0.15) is 61.3 Å². The Kier molecular flexibility index (Phi) is 4.02. The fourth-order valence-electron chi connectivity index (χ4n) is 3.97. The first kappa shape index (κ1) is 12.6. The van der Waals surface area contributed by atoms with Crippen LogP contribution in [0.4, 0.5) is 0 Å². The summed E-state index contributed by atoms with van der Waals surface area (Å²) >= 11 is 1.94. The van der Waals surface area contributed by atoms with Crippen LogP contribution in [0.5, 0.6) is 0 Å². The van der Waals surface area contributed by atoms with Crippen molar-refractivity contribution < 1.29 is 0 Å². The van der Waals surface area contributed by atoms with Crippen molar-refractivity contribution in [3.63, 3.8) is 0 Å². The summed E-state index contributed by atoms with van der Waals surface area (Å²) in [6, 6.07) is 2.84. The Morgan fingerprint density at radius 2 is 2.00 bits per heavy atom. The zero-order valence-corrected chi connectivity index (χ0v) is 11.8. The maximum Gasteiger partial charge on any atom is 0.0307 e. The van der Waals surface area contributed by atoms with E-state index in [1.807, 2.05) is 11.3 Å². The molecular weight excluding hydrogens is 240 g/mol. The van der Waals surface area contributed by atoms with Crippen molar-refractivity contribution in [2.45, 2.75) is 63.3 Å². The predicted octanol–water partition coefficient (Wildman–Crippen LogP) is 3.58. The molecule has 1 fully saturated rings. The molecule has 2 atom stereocenters. The van der Waals surface area contributed by atoms with Gasteiger partial charge in [0.1, 0.15) is 0 Å². The standard InChI is InChI=1S/C15H24N2S/c16-17-15(11-5-2-1-3-6-11)13-7-4-8-14-12(13)9-10-18-14/h9-11,13,15,17H,1-8,16H2. The smallest absolute Gasteiger partial charge is 0.0307 e. The molecule has 1 aromatic heterocycles. The Morgan fingerprint density at radius 1 is 1.17 bits per heavy atom. The molecule has 100 valence electrons. The molecule has 18 heavy (non-hydrogen) atoms. The first-order chi connectivity index (χ1) is 8.90. The monoisotopic (exact) mass is 264 g/mol. The van der Waals surface area contributed by atoms with Crippen LogP contribution in [0.15, 0.2) is 11.4 Å². The fraction of sp³-hybridized carbons (Fsp3) is 0.733. The Morgan fingerprint density at radius 3 is 2.78 bits per heavy atom. The van der Waals surface area contributed by atoms with Crippen LogP contribution in [-0.4, -0.2) is 6.04 Å². The Labute approximate surface area is 114 Å². The maximum atomic E-state index is 5.91. The third kappa shape index (κ3) is 2.36. The largest absolute Gasteiger partial charge is 0.271 e. The summed E-state index contributed by atoms with van der Waals surface area (Å²) in [4.78, 5) is 1.61. The van der Waals surface area contributed by atoms with Crippen molar-refractivity contribution in [1.29, 1.82) is 0 Å². The highest BCUT2D eigenvalue weighted by Gasteiger charge is 2.33. The van der Waals surface area contributed by atoms with Crippen LogP contribution in [0, 0.1) is 5.92 Å². The zero-order valence-electron chi connectivity index (χ0n) is 11.0. The summed E-state index contributed by atoms with van der Waals surface area (Å²) in [5.74, 6) is 7.37. The molecular formula is C15H24N2S. The van der Waals surface area contributed by atoms with Gasteiger partial charge in [0, 0.05) is 16.8 Å². The fourth-order valence-corrected chi connectivity index (χ4v) is 4.97. The number of aryl methyl sites for hydroxylation is 1. The van der Waals surface area contributed by atoms with Gasteiger partial charge in [-0.1, -0.05) is 19.3 Å². The van der Waals surface area contributed by atoms with Crippen LogP contribution in [-0.2, 0) is 6.42 Å². The normalized spacial score (nSPS) is 26.8. The number of hydrogen-bond acceptors (Lipinski definition) is 3. The molecule has 0 aliphatic heterocycles. The molecule has 2 aliphatic carbocycles. The van der Waals surface area contributed by atoms with Gasteiger partial charge < -0.3 is 0 Å². The lowest BCUT2D eigenvalue weighted by atomic mass is 9.73. The lowest BCUT2D eigenvalue weighted by molar-refractivity contribution is 0.230. The van der Waals surface area contributed by atoms with E-state index in [0.717, 1.165) is 5.92 Å². The molecule has 3 N–H and O–H groups in total. The average molecular weight is 264 g/mol. The van der Waals surface area contributed by atoms with Gasteiger partial charge >= 0.3 is 0 Å². The highest BCUT2D eigenvalue weighted by atomic mass is 32.1. The van der Waals surface area contributed by atoms with Gasteiger partial charge in [0.05, 0.1) is 0 Å². The topological polar surface area (TPSA) is 38.0 Å². The van der Waals surface area contributed by atoms with Crippen molar-refractivity contribution in [1.82, 2.24) is 5.43 Å². The Balaban J connectivity index is 1.80. The molecule has 2 unspecified atom stereocenters. The summed E-state index contributed by atoms with van der Waals surface area (Å²) < 4.78 is 0. The number of nitrogens with one attached hydrogen (secondary N) is 1. The predicted molar refractivity (Wildman–Crippen MR) is 77.7 cm³/mol. The molecule has 3 rings (SSSR count). The molecule has 0 saturated heterocycles. The summed E-state index contributed by atoms with van der Waals surface area (Å²) in [5, 5.41) is 2.26. The van der Waals surface area contributed by atoms with Gasteiger partial charge in [-0.15, -0.1) is 11.3 Å². The van der Waals surface area contributed by atoms with E-state index in [4.69, 9.17) is 5.84 Å². The van der Waals surface area contributed by atoms with Gasteiger partial charge in [0.2, 0.25) is 0 Å². The van der Waals surface area contributed by atoms with Crippen molar-refractivity contribution in [2.24, 2.45) is 11.8 Å². The molecule has 2 aliphatic rings. The molecule has 0 aromatic carbocycles. The van der Waals surface area contributed by atoms with Gasteiger partial charge in [-0.05, 0) is 55.0 Å². The minimum Gasteiger partial charge on any atom is -0.271 e. The minimum absolute atomic E-state index is 0.499. The molecule has 1 heterocycles. The van der Waals surface area contributed by atoms with E-state index < -0.39 is 0 Å². The molecule has 0 spiro atoms. The molecule has 1 aromatic rings. The van der Waals surface area contributed by atoms with Crippen molar-refractivity contribution >= 4 is 11.3 Å². The maximum absolute atomic E-state index is 5.91. The van der Waals surface area contributed by atoms with Crippen LogP contribution in [0.25, 0.3) is 0 Å². The number of fused-ring (bicyclic) bond motifs is 1. The van der Waals surface area contributed by atoms with Crippen molar-refractivity contribution in [2.75, 3.05) is 0 Å². The third-order valence-electron chi connectivity index (χ3n) is 4.88. The molecule has 3 heteroatoms.